The molecule has 0 aliphatic rings. The Morgan fingerprint density at radius 1 is 1.32 bits per heavy atom. The van der Waals surface area contributed by atoms with Crippen molar-refractivity contribution in [2.75, 3.05) is 13.1 Å². The zero-order valence-electron chi connectivity index (χ0n) is 14.8. The van der Waals surface area contributed by atoms with Gasteiger partial charge in [0.25, 0.3) is 0 Å². The fourth-order valence-electron chi connectivity index (χ4n) is 2.22. The van der Waals surface area contributed by atoms with Gasteiger partial charge in [0.05, 0.1) is 11.8 Å². The molecule has 1 aromatic heterocycles. The maximum atomic E-state index is 13.7. The van der Waals surface area contributed by atoms with Gasteiger partial charge in [-0.3, -0.25) is 0 Å². The number of nitrogens with zero attached hydrogens (tertiary/aromatic N) is 2. The fraction of sp³-hybridized carbons (Fsp3) is 0.444. The number of aliphatic imine (C=N–C) groups is 1. The second kappa shape index (κ2) is 9.17. The summed E-state index contributed by atoms with van der Waals surface area (Å²) in [7, 11) is 0. The van der Waals surface area contributed by atoms with Crippen LogP contribution in [-0.4, -0.2) is 29.3 Å². The van der Waals surface area contributed by atoms with E-state index in [0.717, 1.165) is 5.69 Å². The predicted octanol–water partition coefficient (Wildman–Crippen LogP) is 2.73. The second-order valence-electron chi connectivity index (χ2n) is 5.99. The van der Waals surface area contributed by atoms with Crippen molar-refractivity contribution in [2.45, 2.75) is 39.3 Å². The number of guanidine groups is 1. The summed E-state index contributed by atoms with van der Waals surface area (Å²) in [5.74, 6) is 1.04. The largest absolute Gasteiger partial charge is 0.386 e. The molecule has 0 fully saturated rings. The smallest absolute Gasteiger partial charge is 0.191 e. The van der Waals surface area contributed by atoms with Crippen LogP contribution in [0.4, 0.5) is 4.39 Å². The van der Waals surface area contributed by atoms with E-state index in [1.165, 1.54) is 6.07 Å². The van der Waals surface area contributed by atoms with Gasteiger partial charge < -0.3 is 20.3 Å². The minimum Gasteiger partial charge on any atom is -0.386 e. The van der Waals surface area contributed by atoms with Gasteiger partial charge in [-0.15, -0.1) is 0 Å². The molecule has 1 unspecified atom stereocenters. The Hall–Kier alpha value is -2.41. The number of aliphatic hydroxyl groups excluding tert-OH is 1. The van der Waals surface area contributed by atoms with E-state index in [1.807, 2.05) is 26.8 Å². The van der Waals surface area contributed by atoms with Crippen molar-refractivity contribution < 1.29 is 14.0 Å². The first-order valence-electron chi connectivity index (χ1n) is 8.41. The highest BCUT2D eigenvalue weighted by molar-refractivity contribution is 5.79. The van der Waals surface area contributed by atoms with Gasteiger partial charge in [-0.1, -0.05) is 37.2 Å². The molecule has 2 aromatic rings. The van der Waals surface area contributed by atoms with E-state index in [0.29, 0.717) is 30.7 Å². The van der Waals surface area contributed by atoms with Crippen molar-refractivity contribution in [3.8, 4) is 0 Å². The van der Waals surface area contributed by atoms with Crippen LogP contribution in [0.5, 0.6) is 0 Å². The van der Waals surface area contributed by atoms with E-state index in [-0.39, 0.29) is 12.1 Å². The van der Waals surface area contributed by atoms with Crippen LogP contribution in [0.2, 0.25) is 0 Å². The molecule has 136 valence electrons. The zero-order valence-corrected chi connectivity index (χ0v) is 14.8. The molecule has 25 heavy (non-hydrogen) atoms. The number of benzene rings is 1. The van der Waals surface area contributed by atoms with Gasteiger partial charge in [0, 0.05) is 24.7 Å². The van der Waals surface area contributed by atoms with Crippen molar-refractivity contribution in [3.63, 3.8) is 0 Å². The summed E-state index contributed by atoms with van der Waals surface area (Å²) in [6.45, 7) is 7.15. The highest BCUT2D eigenvalue weighted by atomic mass is 19.1. The van der Waals surface area contributed by atoms with Crippen molar-refractivity contribution >= 4 is 5.96 Å². The summed E-state index contributed by atoms with van der Waals surface area (Å²) >= 11 is 0. The summed E-state index contributed by atoms with van der Waals surface area (Å²) in [5.41, 5.74) is 1.14. The molecule has 6 nitrogen and oxygen atoms in total. The molecule has 1 atom stereocenters. The standard InChI is InChI=1S/C18H25FN4O2/c1-4-20-18(21-10-13-9-16(12(2)3)23-25-13)22-11-17(24)14-7-5-6-8-15(14)19/h5-9,12,17,24H,4,10-11H2,1-3H3,(H2,20,21,22). The second-order valence-corrected chi connectivity index (χ2v) is 5.99. The van der Waals surface area contributed by atoms with E-state index in [2.05, 4.69) is 20.8 Å². The normalized spacial score (nSPS) is 13.1. The Morgan fingerprint density at radius 2 is 2.08 bits per heavy atom. The predicted molar refractivity (Wildman–Crippen MR) is 94.8 cm³/mol. The highest BCUT2D eigenvalue weighted by Crippen LogP contribution is 2.16. The van der Waals surface area contributed by atoms with Gasteiger partial charge in [-0.2, -0.15) is 0 Å². The lowest BCUT2D eigenvalue weighted by Gasteiger charge is -2.15. The van der Waals surface area contributed by atoms with Gasteiger partial charge in [0.2, 0.25) is 0 Å². The van der Waals surface area contributed by atoms with Crippen molar-refractivity contribution in [2.24, 2.45) is 4.99 Å². The van der Waals surface area contributed by atoms with Gasteiger partial charge in [0.15, 0.2) is 11.7 Å². The minimum atomic E-state index is -0.970. The lowest BCUT2D eigenvalue weighted by molar-refractivity contribution is 0.176. The molecule has 3 N–H and O–H groups in total. The van der Waals surface area contributed by atoms with E-state index >= 15 is 0 Å². The molecule has 7 heteroatoms. The Labute approximate surface area is 147 Å². The van der Waals surface area contributed by atoms with E-state index in [1.54, 1.807) is 18.2 Å². The zero-order chi connectivity index (χ0) is 18.2. The number of aromatic nitrogens is 1. The van der Waals surface area contributed by atoms with Gasteiger partial charge in [0.1, 0.15) is 12.4 Å². The van der Waals surface area contributed by atoms with Crippen LogP contribution in [-0.2, 0) is 6.54 Å². The molecule has 0 saturated heterocycles. The number of halogens is 1. The third-order valence-corrected chi connectivity index (χ3v) is 3.63. The molecule has 1 aromatic carbocycles. The molecule has 0 radical (unpaired) electrons. The average Bonchev–Trinajstić information content (AvgIpc) is 3.07. The molecule has 0 aliphatic carbocycles. The third-order valence-electron chi connectivity index (χ3n) is 3.63. The number of hydrogen-bond donors (Lipinski definition) is 3. The van der Waals surface area contributed by atoms with E-state index < -0.39 is 11.9 Å². The van der Waals surface area contributed by atoms with Crippen LogP contribution in [0.25, 0.3) is 0 Å². The summed E-state index contributed by atoms with van der Waals surface area (Å²) in [5, 5.41) is 20.2. The summed E-state index contributed by atoms with van der Waals surface area (Å²) in [6, 6.07) is 8.05. The Kier molecular flexibility index (Phi) is 6.94. The highest BCUT2D eigenvalue weighted by Gasteiger charge is 2.13. The topological polar surface area (TPSA) is 82.7 Å². The Balaban J connectivity index is 1.96. The van der Waals surface area contributed by atoms with Crippen molar-refractivity contribution in [1.29, 1.82) is 0 Å². The quantitative estimate of drug-likeness (QED) is 0.529. The van der Waals surface area contributed by atoms with Crippen LogP contribution in [0.3, 0.4) is 0 Å². The number of rotatable bonds is 7. The van der Waals surface area contributed by atoms with Crippen LogP contribution in [0.1, 0.15) is 49.8 Å². The SMILES string of the molecule is CCNC(=NCc1cc(C(C)C)no1)NCC(O)c1ccccc1F. The van der Waals surface area contributed by atoms with Gasteiger partial charge in [-0.25, -0.2) is 9.38 Å². The van der Waals surface area contributed by atoms with Crippen molar-refractivity contribution in [3.05, 3.63) is 53.2 Å². The molecule has 0 spiro atoms. The van der Waals surface area contributed by atoms with E-state index in [9.17, 15) is 9.50 Å². The maximum Gasteiger partial charge on any atom is 0.191 e. The summed E-state index contributed by atoms with van der Waals surface area (Å²) in [6.07, 6.45) is -0.970. The molecule has 2 rings (SSSR count). The molecular formula is C18H25FN4O2. The van der Waals surface area contributed by atoms with Crippen LogP contribution < -0.4 is 10.6 Å². The molecule has 1 heterocycles. The summed E-state index contributed by atoms with van der Waals surface area (Å²) < 4.78 is 18.9. The molecular weight excluding hydrogens is 323 g/mol. The fourth-order valence-corrected chi connectivity index (χ4v) is 2.22. The van der Waals surface area contributed by atoms with Crippen LogP contribution >= 0.6 is 0 Å². The summed E-state index contributed by atoms with van der Waals surface area (Å²) in [4.78, 5) is 4.40. The minimum absolute atomic E-state index is 0.139. The van der Waals surface area contributed by atoms with Crippen LogP contribution in [0.15, 0.2) is 39.8 Å². The first-order valence-corrected chi connectivity index (χ1v) is 8.41. The lowest BCUT2D eigenvalue weighted by Crippen LogP contribution is -2.39. The first kappa shape index (κ1) is 18.9. The van der Waals surface area contributed by atoms with Gasteiger partial charge in [-0.05, 0) is 18.9 Å². The van der Waals surface area contributed by atoms with Crippen LogP contribution in [0, 0.1) is 5.82 Å². The molecule has 0 saturated carbocycles. The monoisotopic (exact) mass is 348 g/mol. The molecule has 0 amide bonds. The number of nitrogens with one attached hydrogen (secondary N) is 2. The Morgan fingerprint density at radius 3 is 2.72 bits per heavy atom. The Bertz CT molecular complexity index is 700. The first-order chi connectivity index (χ1) is 12.0. The third kappa shape index (κ3) is 5.56. The molecule has 0 aliphatic heterocycles. The average molecular weight is 348 g/mol. The number of aliphatic hydroxyl groups is 1. The van der Waals surface area contributed by atoms with E-state index in [4.69, 9.17) is 4.52 Å². The number of hydrogen-bond acceptors (Lipinski definition) is 4. The maximum absolute atomic E-state index is 13.7. The lowest BCUT2D eigenvalue weighted by atomic mass is 10.1. The van der Waals surface area contributed by atoms with Gasteiger partial charge >= 0.3 is 0 Å². The molecule has 0 bridgehead atoms. The van der Waals surface area contributed by atoms with Crippen molar-refractivity contribution in [1.82, 2.24) is 15.8 Å².